The van der Waals surface area contributed by atoms with Crippen molar-refractivity contribution in [2.75, 3.05) is 0 Å². The lowest BCUT2D eigenvalue weighted by atomic mass is 10.2. The van der Waals surface area contributed by atoms with E-state index in [4.69, 9.17) is 27.9 Å². The second-order valence-electron chi connectivity index (χ2n) is 3.50. The zero-order valence-corrected chi connectivity index (χ0v) is 10.8. The number of benzene rings is 1. The number of carbonyl (C=O) groups excluding carboxylic acids is 2. The van der Waals surface area contributed by atoms with Crippen molar-refractivity contribution in [2.45, 2.75) is 26.2 Å². The van der Waals surface area contributed by atoms with E-state index >= 15 is 0 Å². The van der Waals surface area contributed by atoms with Gasteiger partial charge in [0.2, 0.25) is 0 Å². The Morgan fingerprint density at radius 1 is 1.41 bits per heavy atom. The van der Waals surface area contributed by atoms with Crippen molar-refractivity contribution in [3.8, 4) is 5.75 Å². The van der Waals surface area contributed by atoms with Crippen molar-refractivity contribution in [3.05, 3.63) is 27.7 Å². The summed E-state index contributed by atoms with van der Waals surface area (Å²) in [7, 11) is 0. The van der Waals surface area contributed by atoms with E-state index < -0.39 is 5.97 Å². The predicted molar refractivity (Wildman–Crippen MR) is 67.0 cm³/mol. The molecule has 0 spiro atoms. The molecule has 0 N–H and O–H groups in total. The highest BCUT2D eigenvalue weighted by atomic mass is 35.5. The lowest BCUT2D eigenvalue weighted by molar-refractivity contribution is -0.134. The molecule has 0 saturated heterocycles. The maximum absolute atomic E-state index is 11.4. The van der Waals surface area contributed by atoms with Crippen LogP contribution >= 0.6 is 23.2 Å². The van der Waals surface area contributed by atoms with Crippen LogP contribution in [-0.2, 0) is 4.79 Å². The van der Waals surface area contributed by atoms with Crippen molar-refractivity contribution in [1.82, 2.24) is 0 Å². The molecule has 0 saturated carbocycles. The molecule has 0 heterocycles. The first-order valence-corrected chi connectivity index (χ1v) is 5.99. The van der Waals surface area contributed by atoms with Crippen LogP contribution in [0, 0.1) is 0 Å². The van der Waals surface area contributed by atoms with Gasteiger partial charge in [-0.3, -0.25) is 9.59 Å². The second kappa shape index (κ2) is 6.62. The number of hydrogen-bond acceptors (Lipinski definition) is 3. The number of ether oxygens (including phenoxy) is 1. The van der Waals surface area contributed by atoms with Crippen molar-refractivity contribution in [1.29, 1.82) is 0 Å². The molecule has 0 aromatic heterocycles. The molecule has 0 fully saturated rings. The Morgan fingerprint density at radius 3 is 2.71 bits per heavy atom. The first kappa shape index (κ1) is 14.0. The average Bonchev–Trinajstić information content (AvgIpc) is 2.29. The van der Waals surface area contributed by atoms with E-state index in [0.29, 0.717) is 17.7 Å². The van der Waals surface area contributed by atoms with Crippen LogP contribution < -0.4 is 4.74 Å². The maximum Gasteiger partial charge on any atom is 0.311 e. The molecule has 0 aliphatic rings. The van der Waals surface area contributed by atoms with Crippen molar-refractivity contribution in [3.63, 3.8) is 0 Å². The summed E-state index contributed by atoms with van der Waals surface area (Å²) in [6.45, 7) is 1.97. The first-order chi connectivity index (χ1) is 8.08. The van der Waals surface area contributed by atoms with Crippen molar-refractivity contribution < 1.29 is 14.3 Å². The lowest BCUT2D eigenvalue weighted by Crippen LogP contribution is -2.09. The van der Waals surface area contributed by atoms with E-state index in [1.165, 1.54) is 12.1 Å². The SMILES string of the molecule is CCCCC(=O)Oc1c(Cl)cc(Cl)cc1C=O. The molecule has 0 atom stereocenters. The van der Waals surface area contributed by atoms with Crippen LogP contribution in [0.15, 0.2) is 12.1 Å². The van der Waals surface area contributed by atoms with Crippen LogP contribution in [0.25, 0.3) is 0 Å². The summed E-state index contributed by atoms with van der Waals surface area (Å²) in [5, 5.41) is 0.481. The summed E-state index contributed by atoms with van der Waals surface area (Å²) in [6.07, 6.45) is 2.48. The van der Waals surface area contributed by atoms with Gasteiger partial charge in [-0.05, 0) is 18.6 Å². The first-order valence-electron chi connectivity index (χ1n) is 5.23. The number of hydrogen-bond donors (Lipinski definition) is 0. The quantitative estimate of drug-likeness (QED) is 0.465. The van der Waals surface area contributed by atoms with Gasteiger partial charge in [-0.1, -0.05) is 36.5 Å². The minimum atomic E-state index is -0.404. The van der Waals surface area contributed by atoms with Gasteiger partial charge in [0.15, 0.2) is 12.0 Å². The largest absolute Gasteiger partial charge is 0.424 e. The van der Waals surface area contributed by atoms with E-state index in [9.17, 15) is 9.59 Å². The van der Waals surface area contributed by atoms with Gasteiger partial charge in [0, 0.05) is 11.4 Å². The summed E-state index contributed by atoms with van der Waals surface area (Å²) >= 11 is 11.6. The molecule has 17 heavy (non-hydrogen) atoms. The van der Waals surface area contributed by atoms with Gasteiger partial charge in [-0.25, -0.2) is 0 Å². The smallest absolute Gasteiger partial charge is 0.311 e. The molecule has 3 nitrogen and oxygen atoms in total. The van der Waals surface area contributed by atoms with Crippen LogP contribution in [0.2, 0.25) is 10.0 Å². The lowest BCUT2D eigenvalue weighted by Gasteiger charge is -2.08. The fourth-order valence-corrected chi connectivity index (χ4v) is 1.81. The fourth-order valence-electron chi connectivity index (χ4n) is 1.26. The van der Waals surface area contributed by atoms with Gasteiger partial charge < -0.3 is 4.74 Å². The average molecular weight is 275 g/mol. The van der Waals surface area contributed by atoms with Gasteiger partial charge in [0.05, 0.1) is 10.6 Å². The van der Waals surface area contributed by atoms with Crippen LogP contribution in [-0.4, -0.2) is 12.3 Å². The van der Waals surface area contributed by atoms with Crippen molar-refractivity contribution >= 4 is 35.5 Å². The fraction of sp³-hybridized carbons (Fsp3) is 0.333. The summed E-state index contributed by atoms with van der Waals surface area (Å²) in [4.78, 5) is 22.3. The van der Waals surface area contributed by atoms with Crippen molar-refractivity contribution in [2.24, 2.45) is 0 Å². The molecule has 92 valence electrons. The van der Waals surface area contributed by atoms with Gasteiger partial charge in [0.1, 0.15) is 0 Å². The van der Waals surface area contributed by atoms with E-state index in [1.54, 1.807) is 0 Å². The Kier molecular flexibility index (Phi) is 5.45. The van der Waals surface area contributed by atoms with Crippen LogP contribution in [0.3, 0.4) is 0 Å². The highest BCUT2D eigenvalue weighted by Crippen LogP contribution is 2.31. The Labute approximate surface area is 110 Å². The highest BCUT2D eigenvalue weighted by Gasteiger charge is 2.14. The third kappa shape index (κ3) is 4.02. The van der Waals surface area contributed by atoms with E-state index in [1.807, 2.05) is 6.92 Å². The Bertz CT molecular complexity index is 430. The molecule has 1 aromatic carbocycles. The molecule has 0 aliphatic carbocycles. The van der Waals surface area contributed by atoms with Crippen LogP contribution in [0.5, 0.6) is 5.75 Å². The number of aldehydes is 1. The standard InChI is InChI=1S/C12H12Cl2O3/c1-2-3-4-11(16)17-12-8(7-15)5-9(13)6-10(12)14/h5-7H,2-4H2,1H3. The minimum Gasteiger partial charge on any atom is -0.424 e. The third-order valence-corrected chi connectivity index (χ3v) is 2.61. The van der Waals surface area contributed by atoms with Gasteiger partial charge in [-0.15, -0.1) is 0 Å². The van der Waals surface area contributed by atoms with Gasteiger partial charge >= 0.3 is 5.97 Å². The Balaban J connectivity index is 2.89. The number of halogens is 2. The third-order valence-electron chi connectivity index (χ3n) is 2.11. The highest BCUT2D eigenvalue weighted by molar-refractivity contribution is 6.36. The number of unbranched alkanes of at least 4 members (excludes halogenated alkanes) is 1. The second-order valence-corrected chi connectivity index (χ2v) is 4.35. The molecular weight excluding hydrogens is 263 g/mol. The molecule has 0 aliphatic heterocycles. The van der Waals surface area contributed by atoms with E-state index in [-0.39, 0.29) is 16.3 Å². The normalized spacial score (nSPS) is 10.1. The molecule has 0 unspecified atom stereocenters. The monoisotopic (exact) mass is 274 g/mol. The molecule has 1 rings (SSSR count). The zero-order valence-electron chi connectivity index (χ0n) is 9.33. The summed E-state index contributed by atoms with van der Waals surface area (Å²) in [5.41, 5.74) is 0.173. The van der Waals surface area contributed by atoms with Crippen LogP contribution in [0.4, 0.5) is 0 Å². The molecule has 0 amide bonds. The van der Waals surface area contributed by atoms with E-state index in [2.05, 4.69) is 0 Å². The molecular formula is C12H12Cl2O3. The summed E-state index contributed by atoms with van der Waals surface area (Å²) in [5.74, 6) is -0.327. The number of esters is 1. The summed E-state index contributed by atoms with van der Waals surface area (Å²) < 4.78 is 5.06. The Hall–Kier alpha value is -1.06. The number of carbonyl (C=O) groups is 2. The topological polar surface area (TPSA) is 43.4 Å². The van der Waals surface area contributed by atoms with Crippen LogP contribution in [0.1, 0.15) is 36.5 Å². The molecule has 0 radical (unpaired) electrons. The maximum atomic E-state index is 11.4. The molecule has 1 aromatic rings. The van der Waals surface area contributed by atoms with E-state index in [0.717, 1.165) is 12.8 Å². The molecule has 0 bridgehead atoms. The molecule has 5 heteroatoms. The Morgan fingerprint density at radius 2 is 2.12 bits per heavy atom. The zero-order chi connectivity index (χ0) is 12.8. The summed E-state index contributed by atoms with van der Waals surface area (Å²) in [6, 6.07) is 2.83. The van der Waals surface area contributed by atoms with Gasteiger partial charge in [0.25, 0.3) is 0 Å². The predicted octanol–water partition coefficient (Wildman–Crippen LogP) is 3.90. The van der Waals surface area contributed by atoms with Gasteiger partial charge in [-0.2, -0.15) is 0 Å². The minimum absolute atomic E-state index is 0.0761. The number of rotatable bonds is 5.